The third kappa shape index (κ3) is 3.74. The van der Waals surface area contributed by atoms with Crippen molar-refractivity contribution in [1.82, 2.24) is 10.2 Å². The maximum absolute atomic E-state index is 5.76. The molecule has 1 rings (SSSR count). The molecule has 1 aliphatic heterocycles. The summed E-state index contributed by atoms with van der Waals surface area (Å²) >= 11 is 0. The van der Waals surface area contributed by atoms with E-state index in [2.05, 4.69) is 37.9 Å². The fourth-order valence-electron chi connectivity index (χ4n) is 2.48. The first-order valence-electron chi connectivity index (χ1n) is 6.08. The van der Waals surface area contributed by atoms with Crippen molar-refractivity contribution in [3.05, 3.63) is 0 Å². The van der Waals surface area contributed by atoms with Crippen LogP contribution in [0.3, 0.4) is 0 Å². The first kappa shape index (κ1) is 12.9. The van der Waals surface area contributed by atoms with Gasteiger partial charge in [-0.15, -0.1) is 0 Å². The van der Waals surface area contributed by atoms with Gasteiger partial charge in [0.25, 0.3) is 0 Å². The highest BCUT2D eigenvalue weighted by atomic mass is 16.5. The van der Waals surface area contributed by atoms with Crippen LogP contribution in [-0.4, -0.2) is 49.8 Å². The maximum Gasteiger partial charge on any atom is 0.0678 e. The van der Waals surface area contributed by atoms with Gasteiger partial charge in [-0.3, -0.25) is 4.90 Å². The number of nitrogens with zero attached hydrogens (tertiary/aromatic N) is 1. The van der Waals surface area contributed by atoms with Gasteiger partial charge in [-0.2, -0.15) is 0 Å². The van der Waals surface area contributed by atoms with Crippen LogP contribution in [-0.2, 0) is 4.74 Å². The van der Waals surface area contributed by atoms with Crippen molar-refractivity contribution in [2.75, 3.05) is 26.7 Å². The van der Waals surface area contributed by atoms with Gasteiger partial charge in [0, 0.05) is 25.7 Å². The van der Waals surface area contributed by atoms with Crippen molar-refractivity contribution in [3.63, 3.8) is 0 Å². The first-order valence-corrected chi connectivity index (χ1v) is 6.08. The van der Waals surface area contributed by atoms with Crippen LogP contribution in [0.25, 0.3) is 0 Å². The molecule has 1 heterocycles. The Labute approximate surface area is 94.2 Å². The van der Waals surface area contributed by atoms with Crippen molar-refractivity contribution in [3.8, 4) is 0 Å². The molecule has 0 aromatic carbocycles. The van der Waals surface area contributed by atoms with Gasteiger partial charge in [-0.1, -0.05) is 13.8 Å². The molecule has 0 bridgehead atoms. The molecule has 0 aromatic heterocycles. The van der Waals surface area contributed by atoms with E-state index >= 15 is 0 Å². The minimum atomic E-state index is 0.367. The molecule has 3 atom stereocenters. The van der Waals surface area contributed by atoms with Crippen LogP contribution >= 0.6 is 0 Å². The van der Waals surface area contributed by atoms with Crippen LogP contribution in [0, 0.1) is 5.92 Å². The summed E-state index contributed by atoms with van der Waals surface area (Å²) in [5.41, 5.74) is 0. The van der Waals surface area contributed by atoms with Gasteiger partial charge < -0.3 is 10.1 Å². The zero-order chi connectivity index (χ0) is 11.4. The fraction of sp³-hybridized carbons (Fsp3) is 1.00. The lowest BCUT2D eigenvalue weighted by Crippen LogP contribution is -2.54. The number of likely N-dealkylation sites (N-methyl/N-ethyl adjacent to an activating group) is 1. The third-order valence-electron chi connectivity index (χ3n) is 3.10. The van der Waals surface area contributed by atoms with E-state index in [4.69, 9.17) is 4.74 Å². The summed E-state index contributed by atoms with van der Waals surface area (Å²) in [5, 5.41) is 3.29. The highest BCUT2D eigenvalue weighted by molar-refractivity contribution is 4.82. The van der Waals surface area contributed by atoms with Crippen molar-refractivity contribution in [2.45, 2.75) is 45.9 Å². The number of ether oxygens (including phenoxy) is 1. The second-order valence-corrected chi connectivity index (χ2v) is 5.08. The van der Waals surface area contributed by atoms with Crippen molar-refractivity contribution in [1.29, 1.82) is 0 Å². The number of hydrogen-bond donors (Lipinski definition) is 1. The van der Waals surface area contributed by atoms with E-state index in [1.165, 1.54) is 0 Å². The summed E-state index contributed by atoms with van der Waals surface area (Å²) in [6, 6.07) is 0.629. The van der Waals surface area contributed by atoms with E-state index in [1.54, 1.807) is 0 Å². The minimum Gasteiger partial charge on any atom is -0.373 e. The van der Waals surface area contributed by atoms with E-state index in [9.17, 15) is 0 Å². The Morgan fingerprint density at radius 2 is 1.80 bits per heavy atom. The summed E-state index contributed by atoms with van der Waals surface area (Å²) in [6.07, 6.45) is 0.735. The largest absolute Gasteiger partial charge is 0.373 e. The monoisotopic (exact) mass is 214 g/mol. The van der Waals surface area contributed by atoms with Gasteiger partial charge in [0.15, 0.2) is 0 Å². The molecule has 90 valence electrons. The quantitative estimate of drug-likeness (QED) is 0.764. The molecule has 3 heteroatoms. The van der Waals surface area contributed by atoms with Crippen LogP contribution in [0.2, 0.25) is 0 Å². The summed E-state index contributed by atoms with van der Waals surface area (Å²) in [7, 11) is 2.03. The smallest absolute Gasteiger partial charge is 0.0678 e. The summed E-state index contributed by atoms with van der Waals surface area (Å²) in [4.78, 5) is 2.57. The van der Waals surface area contributed by atoms with Gasteiger partial charge in [0.05, 0.1) is 12.2 Å². The molecule has 0 aromatic rings. The predicted octanol–water partition coefficient (Wildman–Crippen LogP) is 1.34. The maximum atomic E-state index is 5.76. The van der Waals surface area contributed by atoms with E-state index < -0.39 is 0 Å². The van der Waals surface area contributed by atoms with E-state index in [1.807, 2.05) is 7.05 Å². The molecule has 0 saturated carbocycles. The summed E-state index contributed by atoms with van der Waals surface area (Å²) < 4.78 is 5.76. The zero-order valence-electron chi connectivity index (χ0n) is 10.8. The third-order valence-corrected chi connectivity index (χ3v) is 3.10. The first-order chi connectivity index (χ1) is 7.04. The molecule has 1 unspecified atom stereocenters. The summed E-state index contributed by atoms with van der Waals surface area (Å²) in [6.45, 7) is 12.1. The molecule has 15 heavy (non-hydrogen) atoms. The second kappa shape index (κ2) is 5.83. The molecule has 0 spiro atoms. The molecule has 0 amide bonds. The Balaban J connectivity index is 2.57. The van der Waals surface area contributed by atoms with Crippen LogP contribution in [0.5, 0.6) is 0 Å². The van der Waals surface area contributed by atoms with Crippen LogP contribution < -0.4 is 5.32 Å². The van der Waals surface area contributed by atoms with Gasteiger partial charge in [0.1, 0.15) is 0 Å². The van der Waals surface area contributed by atoms with Gasteiger partial charge in [0.2, 0.25) is 0 Å². The highest BCUT2D eigenvalue weighted by Gasteiger charge is 2.28. The number of rotatable bonds is 4. The minimum absolute atomic E-state index is 0.367. The van der Waals surface area contributed by atoms with E-state index in [-0.39, 0.29) is 0 Å². The highest BCUT2D eigenvalue weighted by Crippen LogP contribution is 2.17. The molecular formula is C12H26N2O. The average molecular weight is 214 g/mol. The Kier molecular flexibility index (Phi) is 5.03. The van der Waals surface area contributed by atoms with Crippen LogP contribution in [0.15, 0.2) is 0 Å². The topological polar surface area (TPSA) is 24.5 Å². The number of nitrogens with one attached hydrogen (secondary N) is 1. The Hall–Kier alpha value is -0.120. The average Bonchev–Trinajstić information content (AvgIpc) is 2.11. The van der Waals surface area contributed by atoms with E-state index in [0.29, 0.717) is 24.2 Å². The molecule has 1 aliphatic rings. The Morgan fingerprint density at radius 3 is 2.20 bits per heavy atom. The summed E-state index contributed by atoms with van der Waals surface area (Å²) in [5.74, 6) is 0.690. The number of hydrogen-bond acceptors (Lipinski definition) is 3. The standard InChI is InChI=1S/C12H26N2O/c1-9(2)12(6-13-5)14-7-10(3)15-11(4)8-14/h9-13H,6-8H2,1-5H3/t10-,11+,12?. The molecule has 1 N–H and O–H groups in total. The van der Waals surface area contributed by atoms with Gasteiger partial charge in [-0.25, -0.2) is 0 Å². The molecule has 1 fully saturated rings. The lowest BCUT2D eigenvalue weighted by Gasteiger charge is -2.41. The predicted molar refractivity (Wildman–Crippen MR) is 64.1 cm³/mol. The Morgan fingerprint density at radius 1 is 1.27 bits per heavy atom. The lowest BCUT2D eigenvalue weighted by atomic mass is 10.0. The zero-order valence-corrected chi connectivity index (χ0v) is 10.8. The van der Waals surface area contributed by atoms with Crippen molar-refractivity contribution in [2.24, 2.45) is 5.92 Å². The fourth-order valence-corrected chi connectivity index (χ4v) is 2.48. The van der Waals surface area contributed by atoms with Crippen molar-refractivity contribution < 1.29 is 4.74 Å². The SMILES string of the molecule is CNCC(C(C)C)N1C[C@@H](C)O[C@@H](C)C1. The van der Waals surface area contributed by atoms with Gasteiger partial charge in [-0.05, 0) is 26.8 Å². The van der Waals surface area contributed by atoms with E-state index in [0.717, 1.165) is 19.6 Å². The van der Waals surface area contributed by atoms with Crippen LogP contribution in [0.4, 0.5) is 0 Å². The van der Waals surface area contributed by atoms with Gasteiger partial charge >= 0.3 is 0 Å². The second-order valence-electron chi connectivity index (χ2n) is 5.08. The van der Waals surface area contributed by atoms with Crippen molar-refractivity contribution >= 4 is 0 Å². The molecule has 1 saturated heterocycles. The molecule has 0 aliphatic carbocycles. The molecular weight excluding hydrogens is 188 g/mol. The molecule has 3 nitrogen and oxygen atoms in total. The lowest BCUT2D eigenvalue weighted by molar-refractivity contribution is -0.0849. The van der Waals surface area contributed by atoms with Crippen LogP contribution in [0.1, 0.15) is 27.7 Å². The Bertz CT molecular complexity index is 174. The normalized spacial score (nSPS) is 30.8. The molecule has 0 radical (unpaired) electrons. The number of morpholine rings is 1.